The van der Waals surface area contributed by atoms with Crippen LogP contribution in [-0.4, -0.2) is 44.9 Å². The highest BCUT2D eigenvalue weighted by Gasteiger charge is 2.21. The van der Waals surface area contributed by atoms with Crippen LogP contribution < -0.4 is 21.7 Å². The average molecular weight is 530 g/mol. The minimum atomic E-state index is -2.33. The first-order valence-electron chi connectivity index (χ1n) is 13.1. The van der Waals surface area contributed by atoms with Gasteiger partial charge in [0, 0.05) is 29.3 Å². The Hall–Kier alpha value is -3.48. The maximum Gasteiger partial charge on any atom is 0.227 e. The fourth-order valence-corrected chi connectivity index (χ4v) is 5.78. The lowest BCUT2D eigenvalue weighted by Crippen LogP contribution is -2.33. The fourth-order valence-electron chi connectivity index (χ4n) is 4.91. The van der Waals surface area contributed by atoms with Crippen LogP contribution in [0.3, 0.4) is 0 Å². The van der Waals surface area contributed by atoms with Gasteiger partial charge in [0.25, 0.3) is 0 Å². The molecule has 1 fully saturated rings. The van der Waals surface area contributed by atoms with Gasteiger partial charge < -0.3 is 20.9 Å². The monoisotopic (exact) mass is 529 g/mol. The highest BCUT2D eigenvalue weighted by Crippen LogP contribution is 2.35. The number of imidazole rings is 1. The Kier molecular flexibility index (Phi) is 7.37. The van der Waals surface area contributed by atoms with Crippen molar-refractivity contribution in [3.63, 3.8) is 0 Å². The third kappa shape index (κ3) is 5.82. The zero-order valence-corrected chi connectivity index (χ0v) is 23.4. The molecule has 1 aliphatic rings. The lowest BCUT2D eigenvalue weighted by Gasteiger charge is -2.26. The highest BCUT2D eigenvalue weighted by atomic mass is 31.2. The van der Waals surface area contributed by atoms with Gasteiger partial charge in [0.1, 0.15) is 13.5 Å². The van der Waals surface area contributed by atoms with E-state index < -0.39 is 7.14 Å². The highest BCUT2D eigenvalue weighted by molar-refractivity contribution is 7.70. The first-order valence-corrected chi connectivity index (χ1v) is 15.7. The van der Waals surface area contributed by atoms with Crippen molar-refractivity contribution < 1.29 is 4.57 Å². The molecule has 0 spiro atoms. The topological polar surface area (TPSA) is 111 Å². The minimum Gasteiger partial charge on any atom is -0.351 e. The summed E-state index contributed by atoms with van der Waals surface area (Å²) in [5.74, 6) is 1.18. The molecule has 4 aromatic rings. The first-order chi connectivity index (χ1) is 18.2. The molecule has 0 radical (unpaired) electrons. The molecule has 2 heterocycles. The van der Waals surface area contributed by atoms with Crippen LogP contribution in [0.4, 0.5) is 17.5 Å². The number of anilines is 3. The summed E-state index contributed by atoms with van der Waals surface area (Å²) in [5, 5.41) is 7.80. The zero-order valence-electron chi connectivity index (χ0n) is 22.5. The molecule has 2 aromatic carbocycles. The van der Waals surface area contributed by atoms with E-state index in [1.54, 1.807) is 19.7 Å². The van der Waals surface area contributed by atoms with Gasteiger partial charge in [-0.3, -0.25) is 4.57 Å². The number of hydrogen-bond donors (Lipinski definition) is 3. The van der Waals surface area contributed by atoms with Crippen molar-refractivity contribution >= 4 is 53.3 Å². The van der Waals surface area contributed by atoms with Crippen molar-refractivity contribution in [3.8, 4) is 0 Å². The van der Waals surface area contributed by atoms with Gasteiger partial charge in [0.15, 0.2) is 17.0 Å². The normalized spacial score (nSPS) is 18.2. The third-order valence-electron chi connectivity index (χ3n) is 7.22. The Morgan fingerprint density at radius 1 is 1.00 bits per heavy atom. The fraction of sp³-hybridized carbons (Fsp3) is 0.345. The summed E-state index contributed by atoms with van der Waals surface area (Å²) in [6.45, 7) is 7.78. The number of rotatable bonds is 7. The van der Waals surface area contributed by atoms with E-state index in [0.29, 0.717) is 22.9 Å². The molecule has 4 N–H and O–H groups in total. The molecule has 198 valence electrons. The van der Waals surface area contributed by atoms with E-state index in [2.05, 4.69) is 53.7 Å². The molecule has 0 atom stereocenters. The summed E-state index contributed by atoms with van der Waals surface area (Å²) in [5.41, 5.74) is 12.0. The van der Waals surface area contributed by atoms with Crippen molar-refractivity contribution in [2.45, 2.75) is 51.6 Å². The Balaban J connectivity index is 1.51. The van der Waals surface area contributed by atoms with Crippen molar-refractivity contribution in [1.82, 2.24) is 19.5 Å². The number of nitrogens with one attached hydrogen (secondary N) is 2. The first kappa shape index (κ1) is 26.1. The molecule has 1 saturated carbocycles. The van der Waals surface area contributed by atoms with E-state index in [9.17, 15) is 4.57 Å². The number of fused-ring (bicyclic) bond motifs is 1. The van der Waals surface area contributed by atoms with Crippen molar-refractivity contribution in [2.75, 3.05) is 24.0 Å². The van der Waals surface area contributed by atoms with Crippen molar-refractivity contribution in [2.24, 2.45) is 5.73 Å². The lowest BCUT2D eigenvalue weighted by atomic mass is 9.92. The predicted molar refractivity (Wildman–Crippen MR) is 159 cm³/mol. The number of hydrogen-bond acceptors (Lipinski definition) is 7. The molecule has 0 bridgehead atoms. The van der Waals surface area contributed by atoms with Gasteiger partial charge in [0.05, 0.1) is 0 Å². The van der Waals surface area contributed by atoms with Crippen LogP contribution in [-0.2, 0) is 4.57 Å². The van der Waals surface area contributed by atoms with Gasteiger partial charge >= 0.3 is 0 Å². The second-order valence-electron chi connectivity index (χ2n) is 10.6. The largest absolute Gasteiger partial charge is 0.351 e. The van der Waals surface area contributed by atoms with Gasteiger partial charge in [-0.1, -0.05) is 18.2 Å². The number of nitrogens with two attached hydrogens (primary N) is 1. The summed E-state index contributed by atoms with van der Waals surface area (Å²) in [4.78, 5) is 14.4. The smallest absolute Gasteiger partial charge is 0.227 e. The van der Waals surface area contributed by atoms with E-state index in [1.165, 1.54) is 16.7 Å². The van der Waals surface area contributed by atoms with E-state index in [-0.39, 0.29) is 12.1 Å². The SMILES string of the molecule is Cc1cccc(C)c1/C=C/n1cnc2c(Nc3ccc(P(C)(C)=O)cc3)nc(NC3CCC(N)CC3)nc21. The maximum atomic E-state index is 12.4. The molecule has 8 nitrogen and oxygen atoms in total. The summed E-state index contributed by atoms with van der Waals surface area (Å²) < 4.78 is 14.4. The molecule has 9 heteroatoms. The lowest BCUT2D eigenvalue weighted by molar-refractivity contribution is 0.410. The molecular weight excluding hydrogens is 493 g/mol. The van der Waals surface area contributed by atoms with E-state index in [1.807, 2.05) is 35.0 Å². The van der Waals surface area contributed by atoms with Crippen LogP contribution in [0.15, 0.2) is 48.8 Å². The molecule has 0 amide bonds. The molecule has 5 rings (SSSR count). The Labute approximate surface area is 224 Å². The molecule has 38 heavy (non-hydrogen) atoms. The second-order valence-corrected chi connectivity index (χ2v) is 13.8. The second kappa shape index (κ2) is 10.7. The summed E-state index contributed by atoms with van der Waals surface area (Å²) in [7, 11) is -2.33. The van der Waals surface area contributed by atoms with Gasteiger partial charge in [0.2, 0.25) is 5.95 Å². The Morgan fingerprint density at radius 2 is 1.68 bits per heavy atom. The number of nitrogens with zero attached hydrogens (tertiary/aromatic N) is 4. The Morgan fingerprint density at radius 3 is 2.34 bits per heavy atom. The molecule has 0 unspecified atom stereocenters. The number of aromatic nitrogens is 4. The number of aryl methyl sites for hydroxylation is 2. The van der Waals surface area contributed by atoms with E-state index >= 15 is 0 Å². The van der Waals surface area contributed by atoms with E-state index in [4.69, 9.17) is 15.7 Å². The molecule has 0 aliphatic heterocycles. The number of benzene rings is 2. The maximum absolute atomic E-state index is 12.4. The molecule has 1 aliphatic carbocycles. The van der Waals surface area contributed by atoms with Crippen LogP contribution in [0, 0.1) is 13.8 Å². The molecule has 2 aromatic heterocycles. The average Bonchev–Trinajstić information content (AvgIpc) is 3.28. The van der Waals surface area contributed by atoms with Gasteiger partial charge in [-0.25, -0.2) is 4.98 Å². The standard InChI is InChI=1S/C29H36N7OP/c1-19-6-5-7-20(2)25(19)16-17-36-18-31-26-27(32-22-12-14-24(15-13-22)38(3,4)37)34-29(35-28(26)36)33-23-10-8-21(30)9-11-23/h5-7,12-18,21,23H,8-11,30H2,1-4H3,(H2,32,33,34,35)/b17-16+. The molecule has 0 saturated heterocycles. The Bertz CT molecular complexity index is 1490. The van der Waals surface area contributed by atoms with Crippen LogP contribution in [0.2, 0.25) is 0 Å². The summed E-state index contributed by atoms with van der Waals surface area (Å²) >= 11 is 0. The van der Waals surface area contributed by atoms with Gasteiger partial charge in [-0.05, 0) is 99.9 Å². The van der Waals surface area contributed by atoms with Crippen LogP contribution in [0.1, 0.15) is 42.4 Å². The van der Waals surface area contributed by atoms with Gasteiger partial charge in [-0.15, -0.1) is 0 Å². The third-order valence-corrected chi connectivity index (χ3v) is 8.76. The van der Waals surface area contributed by atoms with Gasteiger partial charge in [-0.2, -0.15) is 9.97 Å². The van der Waals surface area contributed by atoms with Crippen molar-refractivity contribution in [1.29, 1.82) is 0 Å². The minimum absolute atomic E-state index is 0.273. The van der Waals surface area contributed by atoms with Crippen LogP contribution >= 0.6 is 7.14 Å². The summed E-state index contributed by atoms with van der Waals surface area (Å²) in [6, 6.07) is 14.5. The molecular formula is C29H36N7OP. The predicted octanol–water partition coefficient (Wildman–Crippen LogP) is 5.74. The van der Waals surface area contributed by atoms with Crippen molar-refractivity contribution in [3.05, 3.63) is 65.5 Å². The van der Waals surface area contributed by atoms with Crippen LogP contribution in [0.5, 0.6) is 0 Å². The quantitative estimate of drug-likeness (QED) is 0.262. The summed E-state index contributed by atoms with van der Waals surface area (Å²) in [6.07, 6.45) is 9.84. The van der Waals surface area contributed by atoms with E-state index in [0.717, 1.165) is 36.7 Å². The van der Waals surface area contributed by atoms with Crippen LogP contribution in [0.25, 0.3) is 23.4 Å². The zero-order chi connectivity index (χ0) is 26.9.